The van der Waals surface area contributed by atoms with Crippen LogP contribution in [0.2, 0.25) is 0 Å². The quantitative estimate of drug-likeness (QED) is 0.534. The van der Waals surface area contributed by atoms with E-state index in [2.05, 4.69) is 20.1 Å². The van der Waals surface area contributed by atoms with Gasteiger partial charge in [-0.3, -0.25) is 19.0 Å². The lowest BCUT2D eigenvalue weighted by Gasteiger charge is -2.16. The van der Waals surface area contributed by atoms with Crippen LogP contribution >= 0.6 is 0 Å². The van der Waals surface area contributed by atoms with Crippen LogP contribution in [0.5, 0.6) is 0 Å². The Hall–Kier alpha value is -3.60. The Morgan fingerprint density at radius 2 is 1.94 bits per heavy atom. The van der Waals surface area contributed by atoms with Crippen molar-refractivity contribution >= 4 is 10.9 Å². The van der Waals surface area contributed by atoms with E-state index in [1.54, 1.807) is 36.4 Å². The van der Waals surface area contributed by atoms with Crippen LogP contribution < -0.4 is 5.56 Å². The van der Waals surface area contributed by atoms with Crippen molar-refractivity contribution in [1.29, 1.82) is 0 Å². The highest BCUT2D eigenvalue weighted by molar-refractivity contribution is 5.93. The third kappa shape index (κ3) is 4.04. The SMILES string of the molecule is Cc1ccc(-c2cc3c(=O)n(C[C@@H](O)C(F)(F)F)cnc3c(-c3cnn(C)c3)n2)nc1. The zero-order valence-corrected chi connectivity index (χ0v) is 16.5. The third-order valence-electron chi connectivity index (χ3n) is 4.71. The summed E-state index contributed by atoms with van der Waals surface area (Å²) in [6.45, 7) is 0.911. The van der Waals surface area contributed by atoms with Crippen LogP contribution in [0.3, 0.4) is 0 Å². The number of nitrogens with zero attached hydrogens (tertiary/aromatic N) is 6. The van der Waals surface area contributed by atoms with Gasteiger partial charge in [0.2, 0.25) is 0 Å². The van der Waals surface area contributed by atoms with Gasteiger partial charge in [-0.2, -0.15) is 18.3 Å². The number of aliphatic hydroxyl groups is 1. The molecule has 1 atom stereocenters. The highest BCUT2D eigenvalue weighted by Gasteiger charge is 2.38. The molecule has 4 heterocycles. The number of pyridine rings is 2. The van der Waals surface area contributed by atoms with Crippen molar-refractivity contribution < 1.29 is 18.3 Å². The van der Waals surface area contributed by atoms with Crippen molar-refractivity contribution in [3.05, 3.63) is 59.0 Å². The maximum absolute atomic E-state index is 13.0. The van der Waals surface area contributed by atoms with E-state index in [0.717, 1.165) is 16.5 Å². The lowest BCUT2D eigenvalue weighted by molar-refractivity contribution is -0.207. The summed E-state index contributed by atoms with van der Waals surface area (Å²) >= 11 is 0. The zero-order valence-electron chi connectivity index (χ0n) is 16.5. The van der Waals surface area contributed by atoms with Gasteiger partial charge in [0.1, 0.15) is 11.2 Å². The molecule has 0 aliphatic carbocycles. The summed E-state index contributed by atoms with van der Waals surface area (Å²) in [6, 6.07) is 5.01. The lowest BCUT2D eigenvalue weighted by Crippen LogP contribution is -2.36. The average molecular weight is 430 g/mol. The van der Waals surface area contributed by atoms with Crippen molar-refractivity contribution in [2.24, 2.45) is 7.05 Å². The Kier molecular flexibility index (Phi) is 5.05. The van der Waals surface area contributed by atoms with E-state index in [4.69, 9.17) is 0 Å². The van der Waals surface area contributed by atoms with Gasteiger partial charge in [-0.15, -0.1) is 0 Å². The molecule has 8 nitrogen and oxygen atoms in total. The molecule has 0 saturated heterocycles. The summed E-state index contributed by atoms with van der Waals surface area (Å²) in [7, 11) is 1.72. The Bertz CT molecular complexity index is 1310. The Balaban J connectivity index is 1.94. The summed E-state index contributed by atoms with van der Waals surface area (Å²) in [5.41, 5.74) is 2.20. The minimum atomic E-state index is -4.86. The molecule has 0 radical (unpaired) electrons. The number of halogens is 3. The van der Waals surface area contributed by atoms with Gasteiger partial charge in [0.15, 0.2) is 6.10 Å². The number of fused-ring (bicyclic) bond motifs is 1. The molecule has 4 rings (SSSR count). The molecular weight excluding hydrogens is 413 g/mol. The molecule has 0 bridgehead atoms. The average Bonchev–Trinajstić information content (AvgIpc) is 3.15. The first kappa shape index (κ1) is 20.7. The van der Waals surface area contributed by atoms with Gasteiger partial charge < -0.3 is 5.11 Å². The monoisotopic (exact) mass is 430 g/mol. The molecule has 11 heteroatoms. The van der Waals surface area contributed by atoms with E-state index in [1.165, 1.54) is 6.07 Å². The number of alkyl halides is 3. The van der Waals surface area contributed by atoms with Gasteiger partial charge in [0.05, 0.1) is 35.8 Å². The minimum absolute atomic E-state index is 0.0584. The fourth-order valence-corrected chi connectivity index (χ4v) is 3.08. The van der Waals surface area contributed by atoms with Crippen LogP contribution in [-0.2, 0) is 13.6 Å². The topological polar surface area (TPSA) is 98.7 Å². The number of hydrogen-bond acceptors (Lipinski definition) is 6. The van der Waals surface area contributed by atoms with Gasteiger partial charge in [-0.1, -0.05) is 6.07 Å². The number of hydrogen-bond donors (Lipinski definition) is 1. The van der Waals surface area contributed by atoms with Crippen LogP contribution in [0.15, 0.2) is 47.9 Å². The van der Waals surface area contributed by atoms with E-state index in [-0.39, 0.29) is 10.9 Å². The Labute approximate surface area is 173 Å². The first-order chi connectivity index (χ1) is 14.6. The summed E-state index contributed by atoms with van der Waals surface area (Å²) in [5.74, 6) is 0. The van der Waals surface area contributed by atoms with Crippen LogP contribution in [0.4, 0.5) is 13.2 Å². The predicted octanol–water partition coefficient (Wildman–Crippen LogP) is 2.49. The van der Waals surface area contributed by atoms with E-state index in [1.807, 2.05) is 13.0 Å². The number of aliphatic hydroxyl groups excluding tert-OH is 1. The molecule has 1 N–H and O–H groups in total. The second-order valence-electron chi connectivity index (χ2n) is 7.14. The maximum atomic E-state index is 13.0. The van der Waals surface area contributed by atoms with Gasteiger partial charge in [0.25, 0.3) is 5.56 Å². The number of rotatable bonds is 4. The molecule has 0 aliphatic rings. The largest absolute Gasteiger partial charge is 0.416 e. The number of aromatic nitrogens is 6. The van der Waals surface area contributed by atoms with Gasteiger partial charge >= 0.3 is 6.18 Å². The molecular formula is C20H17F3N6O2. The van der Waals surface area contributed by atoms with E-state index >= 15 is 0 Å². The van der Waals surface area contributed by atoms with Crippen LogP contribution in [0.25, 0.3) is 33.5 Å². The minimum Gasteiger partial charge on any atom is -0.382 e. The second kappa shape index (κ2) is 7.58. The summed E-state index contributed by atoms with van der Waals surface area (Å²) < 4.78 is 40.6. The van der Waals surface area contributed by atoms with Gasteiger partial charge in [-0.25, -0.2) is 9.97 Å². The van der Waals surface area contributed by atoms with Crippen molar-refractivity contribution in [3.63, 3.8) is 0 Å². The molecule has 0 spiro atoms. The Morgan fingerprint density at radius 1 is 1.16 bits per heavy atom. The molecule has 160 valence electrons. The highest BCUT2D eigenvalue weighted by Crippen LogP contribution is 2.28. The maximum Gasteiger partial charge on any atom is 0.416 e. The van der Waals surface area contributed by atoms with Crippen molar-refractivity contribution in [2.75, 3.05) is 0 Å². The molecule has 0 unspecified atom stereocenters. The molecule has 4 aromatic heterocycles. The van der Waals surface area contributed by atoms with Crippen LogP contribution in [0, 0.1) is 6.92 Å². The predicted molar refractivity (Wildman–Crippen MR) is 106 cm³/mol. The molecule has 0 aromatic carbocycles. The van der Waals surface area contributed by atoms with Crippen LogP contribution in [-0.4, -0.2) is 46.7 Å². The molecule has 31 heavy (non-hydrogen) atoms. The van der Waals surface area contributed by atoms with Crippen molar-refractivity contribution in [3.8, 4) is 22.6 Å². The first-order valence-corrected chi connectivity index (χ1v) is 9.20. The molecule has 0 saturated carbocycles. The normalized spacial score (nSPS) is 13.0. The fraction of sp³-hybridized carbons (Fsp3) is 0.250. The summed E-state index contributed by atoms with van der Waals surface area (Å²) in [6.07, 6.45) is -1.69. The molecule has 0 aliphatic heterocycles. The third-order valence-corrected chi connectivity index (χ3v) is 4.71. The van der Waals surface area contributed by atoms with Gasteiger partial charge in [0, 0.05) is 25.0 Å². The first-order valence-electron chi connectivity index (χ1n) is 9.20. The fourth-order valence-electron chi connectivity index (χ4n) is 3.08. The van der Waals surface area contributed by atoms with Crippen molar-refractivity contribution in [2.45, 2.75) is 25.7 Å². The summed E-state index contributed by atoms with van der Waals surface area (Å²) in [4.78, 5) is 26.1. The smallest absolute Gasteiger partial charge is 0.382 e. The lowest BCUT2D eigenvalue weighted by atomic mass is 10.1. The zero-order chi connectivity index (χ0) is 22.3. The molecule has 0 amide bonds. The Morgan fingerprint density at radius 3 is 2.55 bits per heavy atom. The van der Waals surface area contributed by atoms with E-state index < -0.39 is 24.4 Å². The summed E-state index contributed by atoms with van der Waals surface area (Å²) in [5, 5.41) is 13.6. The van der Waals surface area contributed by atoms with Crippen molar-refractivity contribution in [1.82, 2.24) is 29.3 Å². The highest BCUT2D eigenvalue weighted by atomic mass is 19.4. The van der Waals surface area contributed by atoms with E-state index in [0.29, 0.717) is 22.6 Å². The second-order valence-corrected chi connectivity index (χ2v) is 7.14. The molecule has 4 aromatic rings. The van der Waals surface area contributed by atoms with Gasteiger partial charge in [-0.05, 0) is 24.6 Å². The van der Waals surface area contributed by atoms with E-state index in [9.17, 15) is 23.1 Å². The van der Waals surface area contributed by atoms with Crippen LogP contribution in [0.1, 0.15) is 5.56 Å². The molecule has 0 fully saturated rings. The number of aryl methyl sites for hydroxylation is 2. The standard InChI is InChI=1S/C20H17F3N6O2/c1-11-3-4-14(24-6-11)15-5-13-18(17(27-15)12-7-26-28(2)8-12)25-10-29(19(13)31)9-16(30)20(21,22)23/h3-8,10,16,30H,9H2,1-2H3/t16-/m1/s1.